The van der Waals surface area contributed by atoms with Crippen LogP contribution in [0.15, 0.2) is 48.5 Å². The summed E-state index contributed by atoms with van der Waals surface area (Å²) in [6.45, 7) is 1.14. The Morgan fingerprint density at radius 1 is 1.22 bits per heavy atom. The van der Waals surface area contributed by atoms with E-state index in [2.05, 4.69) is 12.1 Å². The van der Waals surface area contributed by atoms with Crippen LogP contribution in [0.2, 0.25) is 5.02 Å². The molecule has 2 aromatic carbocycles. The predicted octanol–water partition coefficient (Wildman–Crippen LogP) is 2.92. The number of hydrogen-bond donors (Lipinski definition) is 1. The van der Waals surface area contributed by atoms with E-state index in [0.717, 1.165) is 0 Å². The second-order valence-electron chi connectivity index (χ2n) is 5.74. The second kappa shape index (κ2) is 6.60. The van der Waals surface area contributed by atoms with E-state index in [4.69, 9.17) is 22.1 Å². The standard InChI is InChI=1S/C18H19ClN2O2/c1-23-17-9-13(19)7-8-14(17)18(22)21-10-15(16(20)11-21)12-5-3-2-4-6-12/h2-9,15-16H,10-11,20H2,1H3/t15-,16+/m0/s1. The lowest BCUT2D eigenvalue weighted by atomic mass is 9.95. The van der Waals surface area contributed by atoms with E-state index in [1.54, 1.807) is 23.1 Å². The summed E-state index contributed by atoms with van der Waals surface area (Å²) in [5, 5.41) is 0.540. The van der Waals surface area contributed by atoms with Crippen molar-refractivity contribution >= 4 is 17.5 Å². The van der Waals surface area contributed by atoms with Crippen molar-refractivity contribution in [1.82, 2.24) is 4.90 Å². The number of nitrogens with zero attached hydrogens (tertiary/aromatic N) is 1. The summed E-state index contributed by atoms with van der Waals surface area (Å²) in [6.07, 6.45) is 0. The summed E-state index contributed by atoms with van der Waals surface area (Å²) in [5.41, 5.74) is 7.94. The largest absolute Gasteiger partial charge is 0.496 e. The number of rotatable bonds is 3. The van der Waals surface area contributed by atoms with Crippen LogP contribution in [0, 0.1) is 0 Å². The molecule has 0 unspecified atom stereocenters. The molecule has 5 heteroatoms. The molecule has 1 saturated heterocycles. The Morgan fingerprint density at radius 3 is 2.65 bits per heavy atom. The minimum atomic E-state index is -0.0765. The number of nitrogens with two attached hydrogens (primary N) is 1. The lowest BCUT2D eigenvalue weighted by Gasteiger charge is -2.18. The molecule has 1 amide bonds. The molecule has 2 N–H and O–H groups in total. The first-order valence-electron chi connectivity index (χ1n) is 7.53. The molecule has 0 aromatic heterocycles. The molecule has 23 heavy (non-hydrogen) atoms. The van der Waals surface area contributed by atoms with Gasteiger partial charge < -0.3 is 15.4 Å². The quantitative estimate of drug-likeness (QED) is 0.941. The van der Waals surface area contributed by atoms with Gasteiger partial charge in [-0.25, -0.2) is 0 Å². The predicted molar refractivity (Wildman–Crippen MR) is 91.1 cm³/mol. The van der Waals surface area contributed by atoms with Gasteiger partial charge in [0.1, 0.15) is 5.75 Å². The minimum Gasteiger partial charge on any atom is -0.496 e. The molecule has 0 saturated carbocycles. The van der Waals surface area contributed by atoms with Crippen LogP contribution < -0.4 is 10.5 Å². The highest BCUT2D eigenvalue weighted by molar-refractivity contribution is 6.30. The average Bonchev–Trinajstić information content (AvgIpc) is 2.96. The van der Waals surface area contributed by atoms with Crippen LogP contribution in [0.25, 0.3) is 0 Å². The van der Waals surface area contributed by atoms with Crippen LogP contribution in [0.3, 0.4) is 0 Å². The molecule has 0 aliphatic carbocycles. The lowest BCUT2D eigenvalue weighted by Crippen LogP contribution is -2.32. The molecule has 1 fully saturated rings. The average molecular weight is 331 g/mol. The van der Waals surface area contributed by atoms with E-state index >= 15 is 0 Å². The Morgan fingerprint density at radius 2 is 1.96 bits per heavy atom. The number of methoxy groups -OCH3 is 1. The van der Waals surface area contributed by atoms with Gasteiger partial charge >= 0.3 is 0 Å². The first-order chi connectivity index (χ1) is 11.1. The fraction of sp³-hybridized carbons (Fsp3) is 0.278. The Bertz CT molecular complexity index is 705. The Labute approximate surface area is 140 Å². The van der Waals surface area contributed by atoms with Crippen molar-refractivity contribution in [2.45, 2.75) is 12.0 Å². The molecule has 0 radical (unpaired) electrons. The van der Waals surface area contributed by atoms with Gasteiger partial charge in [0.15, 0.2) is 0 Å². The van der Waals surface area contributed by atoms with E-state index < -0.39 is 0 Å². The molecule has 4 nitrogen and oxygen atoms in total. The first kappa shape index (κ1) is 15.8. The molecule has 2 aromatic rings. The normalized spacial score (nSPS) is 20.6. The maximum absolute atomic E-state index is 12.8. The summed E-state index contributed by atoms with van der Waals surface area (Å²) in [5.74, 6) is 0.560. The van der Waals surface area contributed by atoms with E-state index in [0.29, 0.717) is 29.4 Å². The molecular weight excluding hydrogens is 312 g/mol. The first-order valence-corrected chi connectivity index (χ1v) is 7.91. The third kappa shape index (κ3) is 3.19. The van der Waals surface area contributed by atoms with E-state index in [1.165, 1.54) is 12.7 Å². The number of likely N-dealkylation sites (tertiary alicyclic amines) is 1. The van der Waals surface area contributed by atoms with Gasteiger partial charge in [-0.2, -0.15) is 0 Å². The SMILES string of the molecule is COc1cc(Cl)ccc1C(=O)N1C[C@@H](N)[C@H](c2ccccc2)C1. The monoisotopic (exact) mass is 330 g/mol. The molecule has 1 heterocycles. The van der Waals surface area contributed by atoms with Crippen molar-refractivity contribution in [3.8, 4) is 5.75 Å². The summed E-state index contributed by atoms with van der Waals surface area (Å²) in [7, 11) is 1.53. The molecule has 120 valence electrons. The molecule has 1 aliphatic heterocycles. The summed E-state index contributed by atoms with van der Waals surface area (Å²) < 4.78 is 5.28. The molecule has 0 spiro atoms. The molecule has 0 bridgehead atoms. The highest BCUT2D eigenvalue weighted by Crippen LogP contribution is 2.30. The Balaban J connectivity index is 1.82. The van der Waals surface area contributed by atoms with Crippen LogP contribution in [-0.4, -0.2) is 37.0 Å². The fourth-order valence-corrected chi connectivity index (χ4v) is 3.22. The van der Waals surface area contributed by atoms with Crippen molar-refractivity contribution in [3.63, 3.8) is 0 Å². The zero-order valence-electron chi connectivity index (χ0n) is 12.9. The van der Waals surface area contributed by atoms with Crippen molar-refractivity contribution in [2.75, 3.05) is 20.2 Å². The Kier molecular flexibility index (Phi) is 4.55. The van der Waals surface area contributed by atoms with Gasteiger partial charge in [0.2, 0.25) is 0 Å². The van der Waals surface area contributed by atoms with Gasteiger partial charge in [-0.05, 0) is 23.8 Å². The number of carbonyl (C=O) groups excluding carboxylic acids is 1. The Hall–Kier alpha value is -2.04. The van der Waals surface area contributed by atoms with Crippen LogP contribution in [-0.2, 0) is 0 Å². The molecule has 3 rings (SSSR count). The lowest BCUT2D eigenvalue weighted by molar-refractivity contribution is 0.0786. The van der Waals surface area contributed by atoms with E-state index in [9.17, 15) is 4.79 Å². The van der Waals surface area contributed by atoms with Gasteiger partial charge in [0.25, 0.3) is 5.91 Å². The summed E-state index contributed by atoms with van der Waals surface area (Å²) in [4.78, 5) is 14.6. The highest BCUT2D eigenvalue weighted by Gasteiger charge is 2.34. The zero-order valence-corrected chi connectivity index (χ0v) is 13.7. The van der Waals surface area contributed by atoms with Gasteiger partial charge in [0, 0.05) is 30.1 Å². The van der Waals surface area contributed by atoms with Gasteiger partial charge in [0.05, 0.1) is 12.7 Å². The maximum atomic E-state index is 12.8. The number of carbonyl (C=O) groups is 1. The third-order valence-electron chi connectivity index (χ3n) is 4.27. The van der Waals surface area contributed by atoms with E-state index in [1.807, 2.05) is 18.2 Å². The number of hydrogen-bond acceptors (Lipinski definition) is 3. The van der Waals surface area contributed by atoms with Crippen LogP contribution in [0.1, 0.15) is 21.8 Å². The zero-order chi connectivity index (χ0) is 16.4. The molecule has 2 atom stereocenters. The fourth-order valence-electron chi connectivity index (χ4n) is 3.06. The van der Waals surface area contributed by atoms with Crippen molar-refractivity contribution in [3.05, 3.63) is 64.7 Å². The van der Waals surface area contributed by atoms with Gasteiger partial charge in [-0.1, -0.05) is 41.9 Å². The summed E-state index contributed by atoms with van der Waals surface area (Å²) in [6, 6.07) is 15.1. The minimum absolute atomic E-state index is 0.0698. The second-order valence-corrected chi connectivity index (χ2v) is 6.17. The maximum Gasteiger partial charge on any atom is 0.257 e. The smallest absolute Gasteiger partial charge is 0.257 e. The topological polar surface area (TPSA) is 55.6 Å². The summed E-state index contributed by atoms with van der Waals surface area (Å²) >= 11 is 5.96. The third-order valence-corrected chi connectivity index (χ3v) is 4.51. The van der Waals surface area contributed by atoms with Gasteiger partial charge in [-0.15, -0.1) is 0 Å². The van der Waals surface area contributed by atoms with Crippen LogP contribution in [0.5, 0.6) is 5.75 Å². The van der Waals surface area contributed by atoms with Crippen LogP contribution >= 0.6 is 11.6 Å². The molecule has 1 aliphatic rings. The molecular formula is C18H19ClN2O2. The van der Waals surface area contributed by atoms with Crippen LogP contribution in [0.4, 0.5) is 0 Å². The van der Waals surface area contributed by atoms with Crippen molar-refractivity contribution < 1.29 is 9.53 Å². The number of halogens is 1. The highest BCUT2D eigenvalue weighted by atomic mass is 35.5. The van der Waals surface area contributed by atoms with Gasteiger partial charge in [-0.3, -0.25) is 4.79 Å². The number of amides is 1. The van der Waals surface area contributed by atoms with E-state index in [-0.39, 0.29) is 17.9 Å². The van der Waals surface area contributed by atoms with Crippen molar-refractivity contribution in [1.29, 1.82) is 0 Å². The number of ether oxygens (including phenoxy) is 1. The number of benzene rings is 2. The van der Waals surface area contributed by atoms with Crippen molar-refractivity contribution in [2.24, 2.45) is 5.73 Å².